The second-order valence-corrected chi connectivity index (χ2v) is 5.23. The van der Waals surface area contributed by atoms with E-state index in [0.29, 0.717) is 12.6 Å². The van der Waals surface area contributed by atoms with Crippen molar-refractivity contribution in [3.05, 3.63) is 0 Å². The van der Waals surface area contributed by atoms with Gasteiger partial charge in [0.1, 0.15) is 0 Å². The highest BCUT2D eigenvalue weighted by Gasteiger charge is 2.40. The van der Waals surface area contributed by atoms with Gasteiger partial charge in [0.15, 0.2) is 0 Å². The molecule has 90 valence electrons. The lowest BCUT2D eigenvalue weighted by molar-refractivity contribution is -0.170. The van der Waals surface area contributed by atoms with Gasteiger partial charge in [0.2, 0.25) is 0 Å². The third-order valence-corrected chi connectivity index (χ3v) is 4.16. The summed E-state index contributed by atoms with van der Waals surface area (Å²) in [6, 6.07) is 0.608. The summed E-state index contributed by atoms with van der Waals surface area (Å²) in [7, 11) is 0. The number of carbonyl (C=O) groups is 1. The van der Waals surface area contributed by atoms with E-state index in [4.69, 9.17) is 4.84 Å². The molecule has 2 saturated heterocycles. The molecular weight excluding hydrogens is 204 g/mol. The molecule has 3 atom stereocenters. The smallest absolute Gasteiger partial charge is 0.263 e. The number of nitrogens with zero attached hydrogens (tertiary/aromatic N) is 1. The van der Waals surface area contributed by atoms with Crippen molar-refractivity contribution in [2.24, 2.45) is 5.92 Å². The van der Waals surface area contributed by atoms with Gasteiger partial charge in [-0.3, -0.25) is 9.63 Å². The summed E-state index contributed by atoms with van der Waals surface area (Å²) in [5, 5.41) is 5.06. The number of amides is 1. The van der Waals surface area contributed by atoms with E-state index in [2.05, 4.69) is 5.32 Å². The molecule has 0 radical (unpaired) electrons. The van der Waals surface area contributed by atoms with Crippen LogP contribution in [0.3, 0.4) is 0 Å². The first-order valence-electron chi connectivity index (χ1n) is 6.55. The molecule has 0 spiro atoms. The lowest BCUT2D eigenvalue weighted by Gasteiger charge is -2.24. The van der Waals surface area contributed by atoms with Crippen LogP contribution < -0.4 is 5.32 Å². The molecular formula is C12H20N2O2. The molecule has 3 rings (SSSR count). The van der Waals surface area contributed by atoms with Crippen LogP contribution in [-0.4, -0.2) is 36.2 Å². The molecule has 2 aliphatic heterocycles. The maximum atomic E-state index is 12.1. The quantitative estimate of drug-likeness (QED) is 0.724. The number of hydrogen-bond acceptors (Lipinski definition) is 3. The van der Waals surface area contributed by atoms with Gasteiger partial charge in [-0.15, -0.1) is 0 Å². The van der Waals surface area contributed by atoms with Gasteiger partial charge in [-0.2, -0.15) is 0 Å². The summed E-state index contributed by atoms with van der Waals surface area (Å²) in [6.45, 7) is 1.47. The average Bonchev–Trinajstić information content (AvgIpc) is 2.97. The lowest BCUT2D eigenvalue weighted by atomic mass is 9.85. The Hall–Kier alpha value is -0.610. The van der Waals surface area contributed by atoms with Crippen LogP contribution in [0.2, 0.25) is 0 Å². The highest BCUT2D eigenvalue weighted by molar-refractivity contribution is 5.81. The van der Waals surface area contributed by atoms with Crippen LogP contribution >= 0.6 is 0 Å². The van der Waals surface area contributed by atoms with Crippen molar-refractivity contribution in [1.29, 1.82) is 0 Å². The first-order chi connectivity index (χ1) is 7.84. The highest BCUT2D eigenvalue weighted by atomic mass is 16.7. The van der Waals surface area contributed by atoms with Gasteiger partial charge in [0.25, 0.3) is 5.91 Å². The van der Waals surface area contributed by atoms with E-state index >= 15 is 0 Å². The first-order valence-corrected chi connectivity index (χ1v) is 6.55. The minimum atomic E-state index is 0.0196. The van der Waals surface area contributed by atoms with E-state index in [1.807, 2.05) is 0 Å². The van der Waals surface area contributed by atoms with Crippen molar-refractivity contribution in [1.82, 2.24) is 10.4 Å². The average molecular weight is 224 g/mol. The Balaban J connectivity index is 1.61. The molecule has 3 aliphatic rings. The zero-order chi connectivity index (χ0) is 11.0. The Labute approximate surface area is 96.3 Å². The SMILES string of the molecule is O=C(C1CC2CCCCC2N1)N1CCCO1. The number of nitrogens with one attached hydrogen (secondary N) is 1. The van der Waals surface area contributed by atoms with Gasteiger partial charge in [-0.1, -0.05) is 12.8 Å². The predicted molar refractivity (Wildman–Crippen MR) is 59.6 cm³/mol. The fraction of sp³-hybridized carbons (Fsp3) is 0.917. The van der Waals surface area contributed by atoms with Gasteiger partial charge in [-0.25, -0.2) is 5.06 Å². The predicted octanol–water partition coefficient (Wildman–Crippen LogP) is 1.07. The van der Waals surface area contributed by atoms with E-state index in [1.54, 1.807) is 5.06 Å². The third-order valence-electron chi connectivity index (χ3n) is 4.16. The van der Waals surface area contributed by atoms with Crippen molar-refractivity contribution >= 4 is 5.91 Å². The summed E-state index contributed by atoms with van der Waals surface area (Å²) >= 11 is 0. The van der Waals surface area contributed by atoms with Crippen LogP contribution in [0.5, 0.6) is 0 Å². The van der Waals surface area contributed by atoms with E-state index in [-0.39, 0.29) is 11.9 Å². The molecule has 1 N–H and O–H groups in total. The summed E-state index contributed by atoms with van der Waals surface area (Å²) in [5.74, 6) is 0.886. The van der Waals surface area contributed by atoms with Crippen LogP contribution in [0.15, 0.2) is 0 Å². The molecule has 1 saturated carbocycles. The maximum Gasteiger partial charge on any atom is 0.263 e. The zero-order valence-electron chi connectivity index (χ0n) is 9.65. The second kappa shape index (κ2) is 4.34. The van der Waals surface area contributed by atoms with Crippen molar-refractivity contribution in [3.63, 3.8) is 0 Å². The van der Waals surface area contributed by atoms with Crippen molar-refractivity contribution in [2.75, 3.05) is 13.2 Å². The number of rotatable bonds is 1. The van der Waals surface area contributed by atoms with Gasteiger partial charge in [0.05, 0.1) is 19.2 Å². The topological polar surface area (TPSA) is 41.6 Å². The fourth-order valence-electron chi connectivity index (χ4n) is 3.31. The molecule has 2 heterocycles. The normalized spacial score (nSPS) is 38.8. The van der Waals surface area contributed by atoms with Crippen LogP contribution in [0, 0.1) is 5.92 Å². The Morgan fingerprint density at radius 3 is 2.88 bits per heavy atom. The van der Waals surface area contributed by atoms with E-state index in [9.17, 15) is 4.79 Å². The minimum absolute atomic E-state index is 0.0196. The van der Waals surface area contributed by atoms with Crippen LogP contribution in [0.4, 0.5) is 0 Å². The van der Waals surface area contributed by atoms with E-state index in [0.717, 1.165) is 25.3 Å². The third kappa shape index (κ3) is 1.84. The number of fused-ring (bicyclic) bond motifs is 1. The van der Waals surface area contributed by atoms with Crippen molar-refractivity contribution in [2.45, 2.75) is 50.6 Å². The molecule has 4 nitrogen and oxygen atoms in total. The van der Waals surface area contributed by atoms with Crippen molar-refractivity contribution < 1.29 is 9.63 Å². The molecule has 0 aromatic rings. The molecule has 4 heteroatoms. The molecule has 3 unspecified atom stereocenters. The second-order valence-electron chi connectivity index (χ2n) is 5.23. The Kier molecular flexibility index (Phi) is 2.86. The van der Waals surface area contributed by atoms with Gasteiger partial charge >= 0.3 is 0 Å². The molecule has 1 amide bonds. The van der Waals surface area contributed by atoms with Crippen LogP contribution in [0.25, 0.3) is 0 Å². The minimum Gasteiger partial charge on any atom is -0.303 e. The Bertz CT molecular complexity index is 262. The Morgan fingerprint density at radius 1 is 1.25 bits per heavy atom. The molecule has 0 bridgehead atoms. The maximum absolute atomic E-state index is 12.1. The zero-order valence-corrected chi connectivity index (χ0v) is 9.65. The van der Waals surface area contributed by atoms with E-state index in [1.165, 1.54) is 25.7 Å². The van der Waals surface area contributed by atoms with Crippen LogP contribution in [-0.2, 0) is 9.63 Å². The van der Waals surface area contributed by atoms with Gasteiger partial charge in [0, 0.05) is 6.04 Å². The molecule has 0 aromatic heterocycles. The highest BCUT2D eigenvalue weighted by Crippen LogP contribution is 2.33. The van der Waals surface area contributed by atoms with Gasteiger partial charge in [-0.05, 0) is 31.6 Å². The summed E-state index contributed by atoms with van der Waals surface area (Å²) in [4.78, 5) is 17.5. The molecule has 16 heavy (non-hydrogen) atoms. The molecule has 0 aromatic carbocycles. The fourth-order valence-corrected chi connectivity index (χ4v) is 3.31. The standard InChI is InChI=1S/C12H20N2O2/c15-12(14-6-3-7-16-14)11-8-9-4-1-2-5-10(9)13-11/h9-11,13H,1-8H2. The number of hydroxylamine groups is 2. The molecule has 3 fully saturated rings. The lowest BCUT2D eigenvalue weighted by Crippen LogP contribution is -2.43. The first kappa shape index (κ1) is 10.5. The molecule has 1 aliphatic carbocycles. The van der Waals surface area contributed by atoms with E-state index < -0.39 is 0 Å². The van der Waals surface area contributed by atoms with Crippen molar-refractivity contribution in [3.8, 4) is 0 Å². The largest absolute Gasteiger partial charge is 0.303 e. The van der Waals surface area contributed by atoms with Crippen LogP contribution in [0.1, 0.15) is 38.5 Å². The monoisotopic (exact) mass is 224 g/mol. The summed E-state index contributed by atoms with van der Waals surface area (Å²) < 4.78 is 0. The summed E-state index contributed by atoms with van der Waals surface area (Å²) in [6.07, 6.45) is 7.19. The van der Waals surface area contributed by atoms with Gasteiger partial charge < -0.3 is 5.32 Å². The number of hydrogen-bond donors (Lipinski definition) is 1. The summed E-state index contributed by atoms with van der Waals surface area (Å²) in [5.41, 5.74) is 0. The Morgan fingerprint density at radius 2 is 2.12 bits per heavy atom. The number of carbonyl (C=O) groups excluding carboxylic acids is 1.